The Labute approximate surface area is 152 Å². The number of rotatable bonds is 4. The molecule has 1 aliphatic rings. The van der Waals surface area contributed by atoms with E-state index in [4.69, 9.17) is 0 Å². The monoisotopic (exact) mass is 356 g/mol. The maximum atomic E-state index is 12.9. The van der Waals surface area contributed by atoms with E-state index in [2.05, 4.69) is 10.1 Å². The Morgan fingerprint density at radius 3 is 2.38 bits per heavy atom. The molecule has 138 valence electrons. The van der Waals surface area contributed by atoms with Crippen molar-refractivity contribution in [1.29, 1.82) is 0 Å². The summed E-state index contributed by atoms with van der Waals surface area (Å²) in [6, 6.07) is 5.36. The van der Waals surface area contributed by atoms with E-state index < -0.39 is 11.5 Å². The van der Waals surface area contributed by atoms with Crippen LogP contribution in [0.2, 0.25) is 0 Å². The van der Waals surface area contributed by atoms with E-state index in [0.717, 1.165) is 30.7 Å². The quantitative estimate of drug-likeness (QED) is 0.910. The number of carbonyl (C=O) groups is 2. The predicted octanol–water partition coefficient (Wildman–Crippen LogP) is 2.74. The number of aryl methyl sites for hydroxylation is 2. The summed E-state index contributed by atoms with van der Waals surface area (Å²) in [6.45, 7) is 3.85. The van der Waals surface area contributed by atoms with Gasteiger partial charge in [0, 0.05) is 18.9 Å². The molecule has 0 spiro atoms. The van der Waals surface area contributed by atoms with Gasteiger partial charge in [0.25, 0.3) is 5.91 Å². The summed E-state index contributed by atoms with van der Waals surface area (Å²) >= 11 is 0. The summed E-state index contributed by atoms with van der Waals surface area (Å²) < 4.78 is 1.72. The first-order chi connectivity index (χ1) is 12.3. The molecule has 0 unspecified atom stereocenters. The second-order valence-corrected chi connectivity index (χ2v) is 7.01. The van der Waals surface area contributed by atoms with Crippen molar-refractivity contribution >= 4 is 11.9 Å². The van der Waals surface area contributed by atoms with Gasteiger partial charge in [0.15, 0.2) is 5.82 Å². The van der Waals surface area contributed by atoms with Crippen LogP contribution in [0.25, 0.3) is 5.82 Å². The van der Waals surface area contributed by atoms with Crippen molar-refractivity contribution in [2.45, 2.75) is 51.5 Å². The molecule has 0 atom stereocenters. The van der Waals surface area contributed by atoms with Crippen LogP contribution in [0, 0.1) is 13.8 Å². The van der Waals surface area contributed by atoms with Gasteiger partial charge in [-0.15, -0.1) is 0 Å². The number of aliphatic carboxylic acids is 1. The Hall–Kier alpha value is -2.70. The number of hydrogen-bond acceptors (Lipinski definition) is 4. The molecule has 2 heterocycles. The third-order valence-corrected chi connectivity index (χ3v) is 5.25. The van der Waals surface area contributed by atoms with Crippen LogP contribution >= 0.6 is 0 Å². The van der Waals surface area contributed by atoms with Crippen LogP contribution in [0.1, 0.15) is 53.8 Å². The summed E-state index contributed by atoms with van der Waals surface area (Å²) in [6.07, 6.45) is 5.11. The highest BCUT2D eigenvalue weighted by Crippen LogP contribution is 2.34. The summed E-state index contributed by atoms with van der Waals surface area (Å²) in [4.78, 5) is 30.5. The Bertz CT molecular complexity index is 820. The fraction of sp³-hybridized carbons (Fsp3) is 0.474. The first-order valence-electron chi connectivity index (χ1n) is 8.86. The number of nitrogens with zero attached hydrogens (tertiary/aromatic N) is 4. The highest BCUT2D eigenvalue weighted by Gasteiger charge is 2.45. The third kappa shape index (κ3) is 3.09. The molecule has 26 heavy (non-hydrogen) atoms. The third-order valence-electron chi connectivity index (χ3n) is 5.25. The van der Waals surface area contributed by atoms with Gasteiger partial charge in [-0.2, -0.15) is 5.10 Å². The van der Waals surface area contributed by atoms with Gasteiger partial charge in [0.1, 0.15) is 5.54 Å². The first kappa shape index (κ1) is 18.1. The highest BCUT2D eigenvalue weighted by atomic mass is 16.4. The lowest BCUT2D eigenvalue weighted by molar-refractivity contribution is -0.151. The van der Waals surface area contributed by atoms with E-state index in [-0.39, 0.29) is 5.91 Å². The summed E-state index contributed by atoms with van der Waals surface area (Å²) in [5.74, 6) is -0.623. The average Bonchev–Trinajstić information content (AvgIpc) is 2.99. The molecule has 0 bridgehead atoms. The smallest absolute Gasteiger partial charge is 0.329 e. The van der Waals surface area contributed by atoms with Gasteiger partial charge in [-0.3, -0.25) is 4.79 Å². The van der Waals surface area contributed by atoms with Crippen LogP contribution in [0.4, 0.5) is 0 Å². The minimum absolute atomic E-state index is 0.318. The molecule has 3 rings (SSSR count). The van der Waals surface area contributed by atoms with Crippen LogP contribution in [0.3, 0.4) is 0 Å². The van der Waals surface area contributed by atoms with E-state index in [1.807, 2.05) is 19.9 Å². The van der Waals surface area contributed by atoms with Crippen LogP contribution < -0.4 is 0 Å². The molecule has 0 saturated heterocycles. The largest absolute Gasteiger partial charge is 0.479 e. The molecule has 7 heteroatoms. The van der Waals surface area contributed by atoms with Crippen LogP contribution in [0.15, 0.2) is 24.4 Å². The van der Waals surface area contributed by atoms with Crippen molar-refractivity contribution in [3.05, 3.63) is 41.3 Å². The Morgan fingerprint density at radius 1 is 1.19 bits per heavy atom. The second-order valence-electron chi connectivity index (χ2n) is 7.01. The normalized spacial score (nSPS) is 16.3. The van der Waals surface area contributed by atoms with Crippen molar-refractivity contribution in [2.24, 2.45) is 0 Å². The zero-order valence-corrected chi connectivity index (χ0v) is 15.4. The van der Waals surface area contributed by atoms with Gasteiger partial charge in [0.05, 0.1) is 11.3 Å². The number of carbonyl (C=O) groups excluding carboxylic acids is 1. The molecule has 7 nitrogen and oxygen atoms in total. The van der Waals surface area contributed by atoms with Crippen LogP contribution in [-0.4, -0.2) is 49.2 Å². The SMILES string of the molecule is Cc1cc(C)n(-c2ccc(C(=O)N(C)C3(C(=O)O)CCCCC3)cn2)n1. The molecular formula is C19H24N4O3. The molecule has 0 radical (unpaired) electrons. The zero-order valence-electron chi connectivity index (χ0n) is 15.4. The molecule has 0 aromatic carbocycles. The second kappa shape index (κ2) is 6.90. The maximum absolute atomic E-state index is 12.9. The van der Waals surface area contributed by atoms with Gasteiger partial charge in [-0.25, -0.2) is 14.5 Å². The van der Waals surface area contributed by atoms with Crippen LogP contribution in [0.5, 0.6) is 0 Å². The molecule has 1 saturated carbocycles. The Balaban J connectivity index is 1.85. The van der Waals surface area contributed by atoms with Gasteiger partial charge < -0.3 is 10.0 Å². The minimum Gasteiger partial charge on any atom is -0.479 e. The molecule has 2 aromatic heterocycles. The zero-order chi connectivity index (χ0) is 18.9. The number of hydrogen-bond donors (Lipinski definition) is 1. The minimum atomic E-state index is -1.12. The summed E-state index contributed by atoms with van der Waals surface area (Å²) in [5, 5.41) is 14.1. The van der Waals surface area contributed by atoms with Crippen molar-refractivity contribution in [2.75, 3.05) is 7.05 Å². The average molecular weight is 356 g/mol. The lowest BCUT2D eigenvalue weighted by Gasteiger charge is -2.41. The van der Waals surface area contributed by atoms with Gasteiger partial charge in [0.2, 0.25) is 0 Å². The number of aromatic nitrogens is 3. The van der Waals surface area contributed by atoms with E-state index in [9.17, 15) is 14.7 Å². The van der Waals surface area contributed by atoms with Crippen molar-refractivity contribution in [1.82, 2.24) is 19.7 Å². The highest BCUT2D eigenvalue weighted by molar-refractivity contribution is 5.97. The van der Waals surface area contributed by atoms with Crippen molar-refractivity contribution in [3.63, 3.8) is 0 Å². The van der Waals surface area contributed by atoms with Gasteiger partial charge in [-0.05, 0) is 44.9 Å². The van der Waals surface area contributed by atoms with E-state index >= 15 is 0 Å². The van der Waals surface area contributed by atoms with E-state index in [0.29, 0.717) is 24.2 Å². The molecule has 2 aromatic rings. The van der Waals surface area contributed by atoms with Crippen molar-refractivity contribution in [3.8, 4) is 5.82 Å². The van der Waals surface area contributed by atoms with Gasteiger partial charge >= 0.3 is 5.97 Å². The Kier molecular flexibility index (Phi) is 4.80. The Morgan fingerprint density at radius 2 is 1.88 bits per heavy atom. The van der Waals surface area contributed by atoms with E-state index in [1.165, 1.54) is 11.1 Å². The molecule has 0 aliphatic heterocycles. The predicted molar refractivity (Wildman–Crippen MR) is 96.4 cm³/mol. The number of carboxylic acids is 1. The maximum Gasteiger partial charge on any atom is 0.329 e. The fourth-order valence-electron chi connectivity index (χ4n) is 3.72. The summed E-state index contributed by atoms with van der Waals surface area (Å²) in [7, 11) is 1.58. The number of pyridine rings is 1. The molecular weight excluding hydrogens is 332 g/mol. The number of carboxylic acid groups (broad SMARTS) is 1. The number of amides is 1. The molecule has 1 fully saturated rings. The first-order valence-corrected chi connectivity index (χ1v) is 8.86. The molecule has 1 amide bonds. The van der Waals surface area contributed by atoms with Gasteiger partial charge in [-0.1, -0.05) is 19.3 Å². The summed E-state index contributed by atoms with van der Waals surface area (Å²) in [5.41, 5.74) is 1.11. The van der Waals surface area contributed by atoms with Crippen LogP contribution in [-0.2, 0) is 4.79 Å². The lowest BCUT2D eigenvalue weighted by Crippen LogP contribution is -2.56. The molecule has 1 aliphatic carbocycles. The van der Waals surface area contributed by atoms with Crippen molar-refractivity contribution < 1.29 is 14.7 Å². The standard InChI is InChI=1S/C19H24N4O3/c1-13-11-14(2)23(21-13)16-8-7-15(12-20-16)17(24)22(3)19(18(25)26)9-5-4-6-10-19/h7-8,11-12H,4-6,9-10H2,1-3H3,(H,25,26). The topological polar surface area (TPSA) is 88.3 Å². The molecule has 1 N–H and O–H groups in total. The van der Waals surface area contributed by atoms with E-state index in [1.54, 1.807) is 23.9 Å². The lowest BCUT2D eigenvalue weighted by atomic mass is 9.80. The number of likely N-dealkylation sites (N-methyl/N-ethyl adjacent to an activating group) is 1. The fourth-order valence-corrected chi connectivity index (χ4v) is 3.72.